The summed E-state index contributed by atoms with van der Waals surface area (Å²) in [4.78, 5) is 73.3. The predicted molar refractivity (Wildman–Crippen MR) is 445 cm³/mol. The predicted octanol–water partition coefficient (Wildman–Crippen LogP) is 25.7. The lowest BCUT2D eigenvalue weighted by molar-refractivity contribution is -0.161. The Bertz CT molecular complexity index is 2470. The van der Waals surface area contributed by atoms with Gasteiger partial charge in [0.1, 0.15) is 19.3 Å². The van der Waals surface area contributed by atoms with E-state index in [9.17, 15) is 43.2 Å². The van der Waals surface area contributed by atoms with Crippen molar-refractivity contribution in [3.63, 3.8) is 0 Å². The second-order valence-electron chi connectivity index (χ2n) is 28.7. The third-order valence-electron chi connectivity index (χ3n) is 18.2. The number of aliphatic hydroxyl groups excluding tert-OH is 1. The van der Waals surface area contributed by atoms with Crippen molar-refractivity contribution in [3.8, 4) is 0 Å². The number of hydrogen-bond acceptors (Lipinski definition) is 15. The van der Waals surface area contributed by atoms with Crippen LogP contribution in [0.5, 0.6) is 0 Å². The van der Waals surface area contributed by atoms with Gasteiger partial charge in [-0.05, 0) is 135 Å². The van der Waals surface area contributed by atoms with Crippen LogP contribution in [0.4, 0.5) is 0 Å². The highest BCUT2D eigenvalue weighted by Gasteiger charge is 2.30. The van der Waals surface area contributed by atoms with E-state index in [0.717, 1.165) is 193 Å². The lowest BCUT2D eigenvalue weighted by Crippen LogP contribution is -2.30. The van der Waals surface area contributed by atoms with Crippen molar-refractivity contribution >= 4 is 39.5 Å². The molecule has 3 N–H and O–H groups in total. The minimum atomic E-state index is -4.99. The van der Waals surface area contributed by atoms with Crippen LogP contribution in [-0.2, 0) is 65.4 Å². The maximum absolute atomic E-state index is 13.1. The molecule has 0 aromatic heterocycles. The fourth-order valence-corrected chi connectivity index (χ4v) is 13.2. The molecule has 0 aliphatic carbocycles. The maximum atomic E-state index is 13.1. The molecule has 5 unspecified atom stereocenters. The van der Waals surface area contributed by atoms with Gasteiger partial charge >= 0.3 is 39.5 Å². The number of phosphoric ester groups is 2. The summed E-state index contributed by atoms with van der Waals surface area (Å²) in [5, 5.41) is 10.7. The number of unbranched alkanes of at least 4 members (excludes halogenated alkanes) is 37. The average molecular weight is 1560 g/mol. The van der Waals surface area contributed by atoms with E-state index in [1.807, 2.05) is 0 Å². The molecule has 0 amide bonds. The first kappa shape index (κ1) is 104. The van der Waals surface area contributed by atoms with Crippen LogP contribution in [-0.4, -0.2) is 96.7 Å². The van der Waals surface area contributed by atoms with Crippen LogP contribution >= 0.6 is 15.6 Å². The van der Waals surface area contributed by atoms with E-state index in [1.54, 1.807) is 0 Å². The molecule has 108 heavy (non-hydrogen) atoms. The van der Waals surface area contributed by atoms with Crippen LogP contribution in [0.2, 0.25) is 0 Å². The van der Waals surface area contributed by atoms with Gasteiger partial charge in [0.25, 0.3) is 0 Å². The summed E-state index contributed by atoms with van der Waals surface area (Å²) < 4.78 is 68.8. The van der Waals surface area contributed by atoms with Crippen molar-refractivity contribution in [2.24, 2.45) is 0 Å². The van der Waals surface area contributed by atoms with Gasteiger partial charge in [-0.25, -0.2) is 9.13 Å². The molecule has 0 aliphatic rings. The van der Waals surface area contributed by atoms with Crippen molar-refractivity contribution < 1.29 is 80.2 Å². The Morgan fingerprint density at radius 2 is 0.481 bits per heavy atom. The van der Waals surface area contributed by atoms with Crippen LogP contribution in [0.15, 0.2) is 109 Å². The molecule has 0 fully saturated rings. The van der Waals surface area contributed by atoms with Crippen LogP contribution in [0.25, 0.3) is 0 Å². The van der Waals surface area contributed by atoms with Gasteiger partial charge in [-0.2, -0.15) is 0 Å². The van der Waals surface area contributed by atoms with Gasteiger partial charge in [0.2, 0.25) is 0 Å². The van der Waals surface area contributed by atoms with Crippen molar-refractivity contribution in [1.29, 1.82) is 0 Å². The number of carbonyl (C=O) groups is 4. The summed E-state index contributed by atoms with van der Waals surface area (Å²) in [6.45, 7) is 4.73. The summed E-state index contributed by atoms with van der Waals surface area (Å²) in [6.07, 6.45) is 88.9. The van der Waals surface area contributed by atoms with E-state index >= 15 is 0 Å². The van der Waals surface area contributed by atoms with Gasteiger partial charge in [-0.3, -0.25) is 37.3 Å². The Hall–Kier alpha value is -4.28. The van der Waals surface area contributed by atoms with Gasteiger partial charge in [0, 0.05) is 25.7 Å². The summed E-state index contributed by atoms with van der Waals surface area (Å²) in [6, 6.07) is 0. The molecule has 624 valence electrons. The molecule has 0 aromatic rings. The minimum absolute atomic E-state index is 0.0759. The molecule has 0 saturated carbocycles. The molecule has 0 bridgehead atoms. The van der Waals surface area contributed by atoms with Gasteiger partial charge < -0.3 is 33.8 Å². The summed E-state index contributed by atoms with van der Waals surface area (Å²) in [5.74, 6) is -2.20. The fraction of sp³-hybridized carbons (Fsp3) is 0.753. The maximum Gasteiger partial charge on any atom is 0.472 e. The SMILES string of the molecule is CC/C=C\C/C=C\C/C=C\C/C=C\CCCCCCCCC(=O)OCC(COP(=O)(O)OCC(O)COP(=O)(O)OCC(COC(=O)CCCCCCCC/C=C\C/C=C\C/C=C\CCCCC)OC(=O)CCCCCCC/C=C\C/C=C\CCCCC)OC(=O)CCCCCCCCCCCCCCCCC. The van der Waals surface area contributed by atoms with E-state index in [0.29, 0.717) is 25.7 Å². The number of rotatable bonds is 81. The molecule has 0 radical (unpaired) electrons. The van der Waals surface area contributed by atoms with E-state index in [1.165, 1.54) is 103 Å². The molecular weight excluding hydrogens is 1400 g/mol. The van der Waals surface area contributed by atoms with Gasteiger partial charge in [-0.1, -0.05) is 323 Å². The molecule has 17 nitrogen and oxygen atoms in total. The standard InChI is InChI=1S/C89H156O17P2/c1-5-9-13-17-21-25-29-33-37-39-41-43-47-49-53-57-61-65-69-73-86(91)99-79-84(105-88(93)75-71-67-63-59-55-51-45-35-31-27-23-19-15-11-7-3)81-103-107(95,96)101-77-83(90)78-102-108(97,98)104-82-85(106-89(94)76-72-68-64-60-56-52-46-36-32-28-24-20-16-12-8-4)80-100-87(92)74-70-66-62-58-54-50-48-44-42-40-38-34-30-26-22-18-14-10-6-2/h9,13,21-22,24-26,28,33-34,36-38,41-44,46,83-85,90H,5-8,10-12,14-20,23,27,29-32,35,39-40,45,47-82H2,1-4H3,(H,95,96)(H,97,98)/b13-9-,25-21-,26-22-,28-24-,37-33-,38-34-,43-41-,44-42-,46-36-. The molecule has 0 aromatic carbocycles. The Kier molecular flexibility index (Phi) is 77.6. The Morgan fingerprint density at radius 1 is 0.269 bits per heavy atom. The van der Waals surface area contributed by atoms with Crippen molar-refractivity contribution in [3.05, 3.63) is 109 Å². The molecule has 0 rings (SSSR count). The second kappa shape index (κ2) is 80.8. The lowest BCUT2D eigenvalue weighted by Gasteiger charge is -2.21. The Morgan fingerprint density at radius 3 is 0.759 bits per heavy atom. The highest BCUT2D eigenvalue weighted by Crippen LogP contribution is 2.45. The monoisotopic (exact) mass is 1560 g/mol. The average Bonchev–Trinajstić information content (AvgIpc) is 0.923. The quantitative estimate of drug-likeness (QED) is 0.0169. The summed E-state index contributed by atoms with van der Waals surface area (Å²) >= 11 is 0. The van der Waals surface area contributed by atoms with E-state index in [4.69, 9.17) is 37.0 Å². The largest absolute Gasteiger partial charge is 0.472 e. The molecule has 19 heteroatoms. The number of phosphoric acid groups is 2. The van der Waals surface area contributed by atoms with Crippen LogP contribution in [0, 0.1) is 0 Å². The first-order chi connectivity index (χ1) is 52.7. The summed E-state index contributed by atoms with van der Waals surface area (Å²) in [7, 11) is -9.97. The van der Waals surface area contributed by atoms with Gasteiger partial charge in [0.05, 0.1) is 26.4 Å². The molecular formula is C89H156O17P2. The molecule has 0 aliphatic heterocycles. The normalized spacial score (nSPS) is 14.3. The van der Waals surface area contributed by atoms with E-state index < -0.39 is 97.5 Å². The molecule has 0 spiro atoms. The fourth-order valence-electron chi connectivity index (χ4n) is 11.7. The zero-order chi connectivity index (χ0) is 78.9. The van der Waals surface area contributed by atoms with Crippen molar-refractivity contribution in [2.75, 3.05) is 39.6 Å². The van der Waals surface area contributed by atoms with Gasteiger partial charge in [0.15, 0.2) is 12.2 Å². The third kappa shape index (κ3) is 79.8. The third-order valence-corrected chi connectivity index (χ3v) is 20.1. The molecule has 0 saturated heterocycles. The van der Waals surface area contributed by atoms with Gasteiger partial charge in [-0.15, -0.1) is 0 Å². The van der Waals surface area contributed by atoms with E-state index in [-0.39, 0.29) is 25.7 Å². The highest BCUT2D eigenvalue weighted by atomic mass is 31.2. The van der Waals surface area contributed by atoms with Crippen LogP contribution < -0.4 is 0 Å². The van der Waals surface area contributed by atoms with E-state index in [2.05, 4.69) is 137 Å². The number of esters is 4. The smallest absolute Gasteiger partial charge is 0.462 e. The Balaban J connectivity index is 5.37. The lowest BCUT2D eigenvalue weighted by atomic mass is 10.0. The number of aliphatic hydroxyl groups is 1. The highest BCUT2D eigenvalue weighted by molar-refractivity contribution is 7.47. The number of allylic oxidation sites excluding steroid dienone is 18. The first-order valence-electron chi connectivity index (χ1n) is 43.1. The van der Waals surface area contributed by atoms with Crippen molar-refractivity contribution in [1.82, 2.24) is 0 Å². The number of ether oxygens (including phenoxy) is 4. The zero-order valence-electron chi connectivity index (χ0n) is 68.5. The second-order valence-corrected chi connectivity index (χ2v) is 31.7. The number of carbonyl (C=O) groups excluding carboxylic acids is 4. The Labute approximate surface area is 658 Å². The molecule has 0 heterocycles. The van der Waals surface area contributed by atoms with Crippen molar-refractivity contribution in [2.45, 2.75) is 393 Å². The topological polar surface area (TPSA) is 237 Å². The first-order valence-corrected chi connectivity index (χ1v) is 46.1. The zero-order valence-corrected chi connectivity index (χ0v) is 70.3. The van der Waals surface area contributed by atoms with Crippen LogP contribution in [0.1, 0.15) is 374 Å². The summed E-state index contributed by atoms with van der Waals surface area (Å²) in [5.41, 5.74) is 0. The number of hydrogen-bond donors (Lipinski definition) is 3. The van der Waals surface area contributed by atoms with Crippen LogP contribution in [0.3, 0.4) is 0 Å². The minimum Gasteiger partial charge on any atom is -0.462 e. The molecule has 5 atom stereocenters.